The Morgan fingerprint density at radius 1 is 1.06 bits per heavy atom. The number of amides is 1. The van der Waals surface area contributed by atoms with E-state index in [0.717, 1.165) is 35.1 Å². The highest BCUT2D eigenvalue weighted by Gasteiger charge is 2.13. The van der Waals surface area contributed by atoms with Gasteiger partial charge in [0.05, 0.1) is 24.0 Å². The second-order valence-electron chi connectivity index (χ2n) is 9.03. The molecule has 0 radical (unpaired) electrons. The van der Waals surface area contributed by atoms with Crippen LogP contribution in [0, 0.1) is 5.92 Å². The Bertz CT molecular complexity index is 1360. The average Bonchev–Trinajstić information content (AvgIpc) is 3.27. The van der Waals surface area contributed by atoms with E-state index >= 15 is 0 Å². The van der Waals surface area contributed by atoms with Crippen LogP contribution in [-0.2, 0) is 31.1 Å². The minimum Gasteiger partial charge on any atom is -0.483 e. The number of pyridine rings is 1. The fourth-order valence-corrected chi connectivity index (χ4v) is 3.99. The summed E-state index contributed by atoms with van der Waals surface area (Å²) < 4.78 is 9.46. The molecule has 2 aromatic carbocycles. The molecule has 2 aromatic heterocycles. The summed E-state index contributed by atoms with van der Waals surface area (Å²) in [6, 6.07) is 18.7. The van der Waals surface area contributed by atoms with Gasteiger partial charge in [0.25, 0.3) is 0 Å². The van der Waals surface area contributed by atoms with Crippen molar-refractivity contribution < 1.29 is 14.6 Å². The molecule has 0 spiro atoms. The Balaban J connectivity index is 1.50. The van der Waals surface area contributed by atoms with Crippen LogP contribution >= 0.6 is 0 Å². The van der Waals surface area contributed by atoms with E-state index in [1.54, 1.807) is 4.57 Å². The summed E-state index contributed by atoms with van der Waals surface area (Å²) in [6.07, 6.45) is 4.61. The number of anilines is 1. The number of fused-ring (bicyclic) bond motifs is 1. The first-order chi connectivity index (χ1) is 16.9. The van der Waals surface area contributed by atoms with E-state index in [-0.39, 0.29) is 36.8 Å². The van der Waals surface area contributed by atoms with Gasteiger partial charge in [0.15, 0.2) is 5.75 Å². The van der Waals surface area contributed by atoms with Crippen LogP contribution in [0.3, 0.4) is 0 Å². The first kappa shape index (κ1) is 24.3. The largest absolute Gasteiger partial charge is 0.483 e. The Labute approximate surface area is 204 Å². The highest BCUT2D eigenvalue weighted by molar-refractivity contribution is 6.01. The average molecular weight is 474 g/mol. The first-order valence-corrected chi connectivity index (χ1v) is 11.8. The summed E-state index contributed by atoms with van der Waals surface area (Å²) in [5.41, 5.74) is 2.72. The highest BCUT2D eigenvalue weighted by Crippen LogP contribution is 2.25. The fraction of sp³-hybridized carbons (Fsp3) is 0.286. The molecule has 0 bridgehead atoms. The number of aliphatic hydroxyl groups is 1. The first-order valence-electron chi connectivity index (χ1n) is 11.8. The molecule has 0 fully saturated rings. The third kappa shape index (κ3) is 6.00. The van der Waals surface area contributed by atoms with E-state index in [1.165, 1.54) is 12.3 Å². The van der Waals surface area contributed by atoms with Gasteiger partial charge < -0.3 is 24.3 Å². The molecule has 7 heteroatoms. The molecule has 35 heavy (non-hydrogen) atoms. The molecule has 4 aromatic rings. The number of benzene rings is 2. The lowest BCUT2D eigenvalue weighted by Gasteiger charge is -2.15. The summed E-state index contributed by atoms with van der Waals surface area (Å²) in [5.74, 6) is 0.470. The van der Waals surface area contributed by atoms with Gasteiger partial charge in [-0.15, -0.1) is 0 Å². The van der Waals surface area contributed by atoms with Crippen molar-refractivity contribution in [3.8, 4) is 5.75 Å². The van der Waals surface area contributed by atoms with Gasteiger partial charge in [-0.2, -0.15) is 0 Å². The van der Waals surface area contributed by atoms with Gasteiger partial charge in [-0.25, -0.2) is 0 Å². The molecule has 2 N–H and O–H groups in total. The van der Waals surface area contributed by atoms with Crippen molar-refractivity contribution in [1.82, 2.24) is 9.13 Å². The Kier molecular flexibility index (Phi) is 7.67. The lowest BCUT2D eigenvalue weighted by molar-refractivity contribution is -0.116. The van der Waals surface area contributed by atoms with E-state index in [4.69, 9.17) is 4.74 Å². The van der Waals surface area contributed by atoms with Crippen molar-refractivity contribution in [2.45, 2.75) is 46.6 Å². The van der Waals surface area contributed by atoms with Crippen LogP contribution in [0.25, 0.3) is 10.9 Å². The molecule has 0 aliphatic rings. The number of aliphatic hydroxyl groups excluding tert-OH is 1. The predicted octanol–water partition coefficient (Wildman–Crippen LogP) is 4.56. The second kappa shape index (κ2) is 11.1. The van der Waals surface area contributed by atoms with Crippen LogP contribution in [-0.4, -0.2) is 20.1 Å². The smallest absolute Gasteiger partial charge is 0.244 e. The monoisotopic (exact) mass is 473 g/mol. The van der Waals surface area contributed by atoms with E-state index < -0.39 is 0 Å². The van der Waals surface area contributed by atoms with Crippen molar-refractivity contribution in [2.24, 2.45) is 5.92 Å². The second-order valence-corrected chi connectivity index (χ2v) is 9.03. The van der Waals surface area contributed by atoms with Gasteiger partial charge in [-0.05, 0) is 36.1 Å². The van der Waals surface area contributed by atoms with E-state index in [2.05, 4.69) is 23.7 Å². The molecule has 2 heterocycles. The molecule has 0 aliphatic heterocycles. The van der Waals surface area contributed by atoms with E-state index in [9.17, 15) is 14.7 Å². The Morgan fingerprint density at radius 3 is 2.60 bits per heavy atom. The maximum absolute atomic E-state index is 13.0. The molecule has 7 nitrogen and oxygen atoms in total. The normalized spacial score (nSPS) is 11.2. The zero-order chi connectivity index (χ0) is 24.8. The lowest BCUT2D eigenvalue weighted by atomic mass is 10.1. The molecule has 0 saturated carbocycles. The highest BCUT2D eigenvalue weighted by atomic mass is 16.5. The maximum Gasteiger partial charge on any atom is 0.244 e. The molecule has 182 valence electrons. The predicted molar refractivity (Wildman–Crippen MR) is 137 cm³/mol. The lowest BCUT2D eigenvalue weighted by Crippen LogP contribution is -2.23. The molecule has 0 atom stereocenters. The van der Waals surface area contributed by atoms with Crippen LogP contribution < -0.4 is 15.5 Å². The number of ether oxygens (including phenoxy) is 1. The van der Waals surface area contributed by atoms with Crippen LogP contribution in [0.1, 0.15) is 31.5 Å². The van der Waals surface area contributed by atoms with Crippen LogP contribution in [0.15, 0.2) is 77.9 Å². The summed E-state index contributed by atoms with van der Waals surface area (Å²) in [7, 11) is 0. The molecule has 4 rings (SSSR count). The minimum atomic E-state index is -0.365. The molecule has 0 aliphatic carbocycles. The fourth-order valence-electron chi connectivity index (χ4n) is 3.99. The van der Waals surface area contributed by atoms with Crippen molar-refractivity contribution in [1.29, 1.82) is 0 Å². The Morgan fingerprint density at radius 2 is 1.86 bits per heavy atom. The molecule has 1 amide bonds. The molecular formula is C28H31N3O4. The van der Waals surface area contributed by atoms with Crippen LogP contribution in [0.5, 0.6) is 5.75 Å². The quantitative estimate of drug-likeness (QED) is 0.354. The van der Waals surface area contributed by atoms with Crippen molar-refractivity contribution >= 4 is 22.5 Å². The van der Waals surface area contributed by atoms with Gasteiger partial charge >= 0.3 is 0 Å². The zero-order valence-corrected chi connectivity index (χ0v) is 20.1. The number of carbonyl (C=O) groups is 1. The summed E-state index contributed by atoms with van der Waals surface area (Å²) in [6.45, 7) is 5.12. The topological polar surface area (TPSA) is 85.5 Å². The molecule has 0 unspecified atom stereocenters. The third-order valence-corrected chi connectivity index (χ3v) is 5.93. The van der Waals surface area contributed by atoms with Gasteiger partial charge in [0, 0.05) is 29.9 Å². The number of hydrogen-bond donors (Lipinski definition) is 2. The van der Waals surface area contributed by atoms with Gasteiger partial charge in [0.1, 0.15) is 13.2 Å². The number of aryl methyl sites for hydroxylation is 1. The number of nitrogens with zero attached hydrogens (tertiary/aromatic N) is 2. The van der Waals surface area contributed by atoms with Gasteiger partial charge in [-0.3, -0.25) is 9.59 Å². The molecule has 0 saturated heterocycles. The number of carbonyl (C=O) groups excluding carboxylic acids is 1. The maximum atomic E-state index is 13.0. The zero-order valence-electron chi connectivity index (χ0n) is 20.1. The summed E-state index contributed by atoms with van der Waals surface area (Å²) >= 11 is 0. The standard InChI is InChI=1S/C28H31N3O4/c1-20(2)11-13-30-14-12-23-24(9-6-10-25(23)30)29-28(34)17-31-16-27(26(33)15-22(31)18-32)35-19-21-7-4-3-5-8-21/h3-10,12,14-16,20,32H,11,13,17-19H2,1-2H3,(H,29,34). The molecular weight excluding hydrogens is 442 g/mol. The SMILES string of the molecule is CC(C)CCn1ccc2c(NC(=O)Cn3cc(OCc4ccccc4)c(=O)cc3CO)cccc21. The summed E-state index contributed by atoms with van der Waals surface area (Å²) in [4.78, 5) is 25.4. The van der Waals surface area contributed by atoms with E-state index in [0.29, 0.717) is 11.6 Å². The number of nitrogens with one attached hydrogen (secondary N) is 1. The minimum absolute atomic E-state index is 0.0671. The van der Waals surface area contributed by atoms with Crippen LogP contribution in [0.2, 0.25) is 0 Å². The summed E-state index contributed by atoms with van der Waals surface area (Å²) in [5, 5.41) is 13.7. The third-order valence-electron chi connectivity index (χ3n) is 5.93. The van der Waals surface area contributed by atoms with E-state index in [1.807, 2.05) is 60.8 Å². The van der Waals surface area contributed by atoms with Gasteiger partial charge in [0.2, 0.25) is 11.3 Å². The Hall–Kier alpha value is -3.84. The van der Waals surface area contributed by atoms with Crippen LogP contribution in [0.4, 0.5) is 5.69 Å². The van der Waals surface area contributed by atoms with Crippen molar-refractivity contribution in [3.63, 3.8) is 0 Å². The number of aromatic nitrogens is 2. The number of rotatable bonds is 10. The number of hydrogen-bond acceptors (Lipinski definition) is 4. The van der Waals surface area contributed by atoms with Crippen molar-refractivity contribution in [2.75, 3.05) is 5.32 Å². The van der Waals surface area contributed by atoms with Crippen molar-refractivity contribution in [3.05, 3.63) is 94.5 Å². The van der Waals surface area contributed by atoms with Gasteiger partial charge in [-0.1, -0.05) is 50.2 Å².